The highest BCUT2D eigenvalue weighted by Gasteiger charge is 2.23. The summed E-state index contributed by atoms with van der Waals surface area (Å²) in [6, 6.07) is 12.8. The van der Waals surface area contributed by atoms with Gasteiger partial charge >= 0.3 is 6.61 Å². The maximum absolute atomic E-state index is 12.7. The summed E-state index contributed by atoms with van der Waals surface area (Å²) >= 11 is 0. The number of guanidine groups is 1. The molecule has 1 fully saturated rings. The fourth-order valence-corrected chi connectivity index (χ4v) is 3.03. The van der Waals surface area contributed by atoms with Crippen LogP contribution in [0.1, 0.15) is 29.5 Å². The zero-order chi connectivity index (χ0) is 22.9. The minimum atomic E-state index is -2.89. The smallest absolute Gasteiger partial charge is 0.387 e. The van der Waals surface area contributed by atoms with Gasteiger partial charge in [-0.05, 0) is 43.5 Å². The summed E-state index contributed by atoms with van der Waals surface area (Å²) in [6.07, 6.45) is 2.07. The number of benzene rings is 2. The molecule has 0 spiro atoms. The van der Waals surface area contributed by atoms with Crippen molar-refractivity contribution in [2.75, 3.05) is 13.7 Å². The van der Waals surface area contributed by atoms with Gasteiger partial charge < -0.3 is 25.4 Å². The number of alkyl halides is 2. The molecule has 2 aromatic rings. The Morgan fingerprint density at radius 3 is 2.66 bits per heavy atom. The molecule has 1 aliphatic carbocycles. The van der Waals surface area contributed by atoms with Crippen molar-refractivity contribution in [3.63, 3.8) is 0 Å². The van der Waals surface area contributed by atoms with Crippen molar-refractivity contribution in [3.05, 3.63) is 59.2 Å². The molecule has 0 atom stereocenters. The third-order valence-corrected chi connectivity index (χ3v) is 4.77. The molecule has 9 heteroatoms. The van der Waals surface area contributed by atoms with Gasteiger partial charge in [0.05, 0.1) is 0 Å². The van der Waals surface area contributed by atoms with E-state index in [-0.39, 0.29) is 24.8 Å². The van der Waals surface area contributed by atoms with Gasteiger partial charge in [0.25, 0.3) is 5.91 Å². The Labute approximate surface area is 186 Å². The monoisotopic (exact) mass is 446 g/mol. The minimum absolute atomic E-state index is 0.0177. The zero-order valence-electron chi connectivity index (χ0n) is 18.2. The number of nitrogens with zero attached hydrogens (tertiary/aromatic N) is 1. The van der Waals surface area contributed by atoms with Crippen molar-refractivity contribution < 1.29 is 23.0 Å². The molecule has 3 rings (SSSR count). The molecule has 0 unspecified atom stereocenters. The molecule has 0 saturated heterocycles. The second-order valence-corrected chi connectivity index (χ2v) is 7.55. The van der Waals surface area contributed by atoms with E-state index < -0.39 is 6.61 Å². The largest absolute Gasteiger partial charge is 0.484 e. The molecule has 0 bridgehead atoms. The number of nitrogens with one attached hydrogen (secondary N) is 3. The summed E-state index contributed by atoms with van der Waals surface area (Å²) in [6.45, 7) is -0.297. The maximum atomic E-state index is 12.7. The van der Waals surface area contributed by atoms with Crippen LogP contribution in [0.4, 0.5) is 8.78 Å². The van der Waals surface area contributed by atoms with Crippen molar-refractivity contribution in [1.29, 1.82) is 0 Å². The van der Waals surface area contributed by atoms with Gasteiger partial charge in [-0.15, -0.1) is 0 Å². The normalized spacial score (nSPS) is 13.6. The fraction of sp³-hybridized carbons (Fsp3) is 0.391. The lowest BCUT2D eigenvalue weighted by molar-refractivity contribution is -0.123. The number of rotatable bonds is 10. The van der Waals surface area contributed by atoms with E-state index in [0.717, 1.165) is 24.0 Å². The first-order valence-corrected chi connectivity index (χ1v) is 10.4. The Morgan fingerprint density at radius 1 is 1.16 bits per heavy atom. The minimum Gasteiger partial charge on any atom is -0.484 e. The average Bonchev–Trinajstić information content (AvgIpc) is 3.58. The summed E-state index contributed by atoms with van der Waals surface area (Å²) in [4.78, 5) is 15.9. The first-order valence-electron chi connectivity index (χ1n) is 10.4. The van der Waals surface area contributed by atoms with Gasteiger partial charge in [0.15, 0.2) is 12.6 Å². The van der Waals surface area contributed by atoms with Gasteiger partial charge in [-0.25, -0.2) is 0 Å². The first kappa shape index (κ1) is 23.3. The number of hydrogen-bond donors (Lipinski definition) is 3. The van der Waals surface area contributed by atoms with Crippen molar-refractivity contribution in [3.8, 4) is 11.5 Å². The van der Waals surface area contributed by atoms with Gasteiger partial charge in [-0.3, -0.25) is 9.79 Å². The molecule has 0 aliphatic heterocycles. The van der Waals surface area contributed by atoms with Gasteiger partial charge in [0, 0.05) is 31.7 Å². The van der Waals surface area contributed by atoms with Crippen LogP contribution in [0.2, 0.25) is 0 Å². The SMILES string of the molecule is CN=C(NCc1cccc(OCC(=O)NC2CC2)c1)NCc1cc(C)ccc1OC(F)F. The van der Waals surface area contributed by atoms with Crippen molar-refractivity contribution in [2.45, 2.75) is 45.5 Å². The molecule has 3 N–H and O–H groups in total. The standard InChI is InChI=1S/C23H28F2N4O3/c1-15-6-9-20(32-22(24)25)17(10-15)13-28-23(26-2)27-12-16-4-3-5-19(11-16)31-14-21(30)29-18-7-8-18/h3-6,9-11,18,22H,7-8,12-14H2,1-2H3,(H,29,30)(H2,26,27,28). The van der Waals surface area contributed by atoms with Gasteiger partial charge in [-0.1, -0.05) is 29.8 Å². The molecule has 2 aromatic carbocycles. The molecule has 0 radical (unpaired) electrons. The molecular weight excluding hydrogens is 418 g/mol. The van der Waals surface area contributed by atoms with Crippen LogP contribution in [0.25, 0.3) is 0 Å². The number of carbonyl (C=O) groups is 1. The van der Waals surface area contributed by atoms with E-state index in [9.17, 15) is 13.6 Å². The number of hydrogen-bond acceptors (Lipinski definition) is 4. The Bertz CT molecular complexity index is 949. The lowest BCUT2D eigenvalue weighted by Gasteiger charge is -2.15. The van der Waals surface area contributed by atoms with Crippen LogP contribution in [0.3, 0.4) is 0 Å². The summed E-state index contributed by atoms with van der Waals surface area (Å²) < 4.78 is 35.5. The molecular formula is C23H28F2N4O3. The van der Waals surface area contributed by atoms with E-state index in [1.54, 1.807) is 25.2 Å². The second kappa shape index (κ2) is 11.3. The Morgan fingerprint density at radius 2 is 1.94 bits per heavy atom. The Balaban J connectivity index is 1.50. The number of aryl methyl sites for hydroxylation is 1. The van der Waals surface area contributed by atoms with Gasteiger partial charge in [0.2, 0.25) is 0 Å². The predicted octanol–water partition coefficient (Wildman–Crippen LogP) is 3.12. The number of carbonyl (C=O) groups excluding carboxylic acids is 1. The van der Waals surface area contributed by atoms with Crippen LogP contribution in [0, 0.1) is 6.92 Å². The topological polar surface area (TPSA) is 84.0 Å². The third-order valence-electron chi connectivity index (χ3n) is 4.77. The number of aliphatic imine (C=N–C) groups is 1. The van der Waals surface area contributed by atoms with E-state index in [4.69, 9.17) is 4.74 Å². The molecule has 0 aromatic heterocycles. The maximum Gasteiger partial charge on any atom is 0.387 e. The summed E-state index contributed by atoms with van der Waals surface area (Å²) in [5.41, 5.74) is 2.48. The van der Waals surface area contributed by atoms with Crippen LogP contribution < -0.4 is 25.4 Å². The third kappa shape index (κ3) is 7.72. The van der Waals surface area contributed by atoms with Crippen molar-refractivity contribution in [2.24, 2.45) is 4.99 Å². The molecule has 1 saturated carbocycles. The highest BCUT2D eigenvalue weighted by molar-refractivity contribution is 5.79. The highest BCUT2D eigenvalue weighted by Crippen LogP contribution is 2.22. The van der Waals surface area contributed by atoms with Crippen LogP contribution >= 0.6 is 0 Å². The average molecular weight is 446 g/mol. The van der Waals surface area contributed by atoms with E-state index in [1.165, 1.54) is 6.07 Å². The van der Waals surface area contributed by atoms with E-state index in [0.29, 0.717) is 29.9 Å². The second-order valence-electron chi connectivity index (χ2n) is 7.55. The Kier molecular flexibility index (Phi) is 8.24. The Hall–Kier alpha value is -3.36. The summed E-state index contributed by atoms with van der Waals surface area (Å²) in [5.74, 6) is 1.12. The van der Waals surface area contributed by atoms with E-state index in [1.807, 2.05) is 25.1 Å². The fourth-order valence-electron chi connectivity index (χ4n) is 3.03. The van der Waals surface area contributed by atoms with Gasteiger partial charge in [-0.2, -0.15) is 8.78 Å². The molecule has 1 aliphatic rings. The predicted molar refractivity (Wildman–Crippen MR) is 118 cm³/mol. The molecule has 7 nitrogen and oxygen atoms in total. The van der Waals surface area contributed by atoms with E-state index in [2.05, 4.69) is 25.7 Å². The highest BCUT2D eigenvalue weighted by atomic mass is 19.3. The molecule has 32 heavy (non-hydrogen) atoms. The number of ether oxygens (including phenoxy) is 2. The number of amides is 1. The molecule has 0 heterocycles. The van der Waals surface area contributed by atoms with Crippen LogP contribution in [-0.4, -0.2) is 38.2 Å². The van der Waals surface area contributed by atoms with Crippen LogP contribution in [0.5, 0.6) is 11.5 Å². The first-order chi connectivity index (χ1) is 15.4. The van der Waals surface area contributed by atoms with Crippen LogP contribution in [0.15, 0.2) is 47.5 Å². The summed E-state index contributed by atoms with van der Waals surface area (Å²) in [7, 11) is 1.63. The zero-order valence-corrected chi connectivity index (χ0v) is 18.2. The molecule has 172 valence electrons. The van der Waals surface area contributed by atoms with E-state index >= 15 is 0 Å². The summed E-state index contributed by atoms with van der Waals surface area (Å²) in [5, 5.41) is 9.16. The quantitative estimate of drug-likeness (QED) is 0.386. The lowest BCUT2D eigenvalue weighted by Crippen LogP contribution is -2.36. The van der Waals surface area contributed by atoms with Crippen molar-refractivity contribution >= 4 is 11.9 Å². The molecule has 1 amide bonds. The lowest BCUT2D eigenvalue weighted by atomic mass is 10.1. The van der Waals surface area contributed by atoms with Crippen LogP contribution in [-0.2, 0) is 17.9 Å². The van der Waals surface area contributed by atoms with Crippen molar-refractivity contribution in [1.82, 2.24) is 16.0 Å². The van der Waals surface area contributed by atoms with Gasteiger partial charge in [0.1, 0.15) is 11.5 Å². The number of halogens is 2.